The van der Waals surface area contributed by atoms with Crippen molar-refractivity contribution < 1.29 is 17.7 Å². The number of sulfone groups is 1. The number of halogens is 1. The van der Waals surface area contributed by atoms with Crippen LogP contribution in [0.5, 0.6) is 0 Å². The Bertz CT molecular complexity index is 1370. The molecule has 1 fully saturated rings. The minimum Gasteiger partial charge on any atom is -0.316 e. The van der Waals surface area contributed by atoms with Gasteiger partial charge in [0.1, 0.15) is 6.54 Å². The van der Waals surface area contributed by atoms with Gasteiger partial charge in [-0.2, -0.15) is 0 Å². The minimum atomic E-state index is -3.58. The van der Waals surface area contributed by atoms with Crippen LogP contribution in [0.2, 0.25) is 5.02 Å². The van der Waals surface area contributed by atoms with Crippen molar-refractivity contribution in [3.05, 3.63) is 57.3 Å². The highest BCUT2D eigenvalue weighted by atomic mass is 35.5. The molecule has 3 aromatic rings. The first kappa shape index (κ1) is 25.1. The number of aryl methyl sites for hydroxylation is 1. The summed E-state index contributed by atoms with van der Waals surface area (Å²) in [5.74, 6) is -0.148. The molecule has 2 heterocycles. The number of likely N-dealkylation sites (tertiary alicyclic amines) is 1. The standard InChI is InChI=1S/C25H31ClN3O3S2/c1-19-18-33-25(27-2)28(19)11-14-29(12-4-3-5-13-29)24(30)10-15-34(31,32)23-9-7-20-16-22(26)8-6-21(20)17-23/h6-9,16-18H,3-5,10-15H2,1-2H3/q+1/b27-25-. The van der Waals surface area contributed by atoms with Gasteiger partial charge in [0.2, 0.25) is 0 Å². The van der Waals surface area contributed by atoms with Crippen LogP contribution in [-0.4, -0.2) is 55.8 Å². The Morgan fingerprint density at radius 2 is 1.82 bits per heavy atom. The molecule has 0 radical (unpaired) electrons. The van der Waals surface area contributed by atoms with Crippen LogP contribution in [0.25, 0.3) is 10.8 Å². The topological polar surface area (TPSA) is 68.5 Å². The highest BCUT2D eigenvalue weighted by Crippen LogP contribution is 2.25. The molecule has 1 saturated heterocycles. The van der Waals surface area contributed by atoms with E-state index in [0.29, 0.717) is 22.6 Å². The van der Waals surface area contributed by atoms with Crippen LogP contribution in [0.3, 0.4) is 0 Å². The van der Waals surface area contributed by atoms with Crippen molar-refractivity contribution >= 4 is 49.5 Å². The predicted molar refractivity (Wildman–Crippen MR) is 138 cm³/mol. The molecule has 9 heteroatoms. The van der Waals surface area contributed by atoms with Gasteiger partial charge < -0.3 is 4.57 Å². The minimum absolute atomic E-state index is 0.0271. The maximum Gasteiger partial charge on any atom is 0.314 e. The van der Waals surface area contributed by atoms with Gasteiger partial charge in [0.15, 0.2) is 14.6 Å². The Balaban J connectivity index is 1.50. The first-order valence-electron chi connectivity index (χ1n) is 11.6. The molecular weight excluding hydrogens is 490 g/mol. The van der Waals surface area contributed by atoms with Crippen LogP contribution < -0.4 is 4.80 Å². The molecule has 1 amide bonds. The van der Waals surface area contributed by atoms with Gasteiger partial charge in [-0.15, -0.1) is 11.3 Å². The lowest BCUT2D eigenvalue weighted by Gasteiger charge is -2.39. The van der Waals surface area contributed by atoms with E-state index in [-0.39, 0.29) is 23.0 Å². The van der Waals surface area contributed by atoms with E-state index in [9.17, 15) is 13.2 Å². The number of thiazole rings is 1. The van der Waals surface area contributed by atoms with Gasteiger partial charge in [0.25, 0.3) is 0 Å². The summed E-state index contributed by atoms with van der Waals surface area (Å²) in [6.45, 7) is 4.97. The maximum absolute atomic E-state index is 13.5. The number of amides is 1. The average Bonchev–Trinajstić information content (AvgIpc) is 3.20. The SMILES string of the molecule is C/N=c1\scc(C)n1CC[N+]1(C(=O)CCS(=O)(=O)c2ccc3cc(Cl)ccc3c2)CCCCC1. The van der Waals surface area contributed by atoms with Gasteiger partial charge in [-0.3, -0.25) is 9.48 Å². The van der Waals surface area contributed by atoms with E-state index >= 15 is 0 Å². The van der Waals surface area contributed by atoms with Crippen LogP contribution in [0.4, 0.5) is 0 Å². The number of piperidine rings is 1. The molecule has 34 heavy (non-hydrogen) atoms. The zero-order chi connectivity index (χ0) is 24.3. The van der Waals surface area contributed by atoms with Crippen LogP contribution in [0, 0.1) is 6.92 Å². The summed E-state index contributed by atoms with van der Waals surface area (Å²) in [6, 6.07) is 10.4. The molecule has 0 unspecified atom stereocenters. The highest BCUT2D eigenvalue weighted by molar-refractivity contribution is 7.91. The number of fused-ring (bicyclic) bond motifs is 1. The number of hydrogen-bond acceptors (Lipinski definition) is 5. The van der Waals surface area contributed by atoms with E-state index in [2.05, 4.69) is 21.9 Å². The summed E-state index contributed by atoms with van der Waals surface area (Å²) >= 11 is 7.64. The number of quaternary nitrogens is 1. The first-order valence-corrected chi connectivity index (χ1v) is 14.5. The van der Waals surface area contributed by atoms with Crippen molar-refractivity contribution in [1.29, 1.82) is 0 Å². The maximum atomic E-state index is 13.5. The Kier molecular flexibility index (Phi) is 7.62. The summed E-state index contributed by atoms with van der Waals surface area (Å²) in [7, 11) is -1.80. The number of hydrogen-bond donors (Lipinski definition) is 0. The van der Waals surface area contributed by atoms with Crippen molar-refractivity contribution in [2.24, 2.45) is 4.99 Å². The molecule has 0 bridgehead atoms. The third-order valence-corrected chi connectivity index (χ3v) is 9.87. The summed E-state index contributed by atoms with van der Waals surface area (Å²) in [6.07, 6.45) is 3.13. The number of aromatic nitrogens is 1. The summed E-state index contributed by atoms with van der Waals surface area (Å²) in [5.41, 5.74) is 1.13. The lowest BCUT2D eigenvalue weighted by Crippen LogP contribution is -2.57. The van der Waals surface area contributed by atoms with Crippen molar-refractivity contribution in [1.82, 2.24) is 4.57 Å². The van der Waals surface area contributed by atoms with Crippen molar-refractivity contribution in [2.45, 2.75) is 44.0 Å². The van der Waals surface area contributed by atoms with E-state index in [1.807, 2.05) is 12.1 Å². The fourth-order valence-electron chi connectivity index (χ4n) is 4.83. The van der Waals surface area contributed by atoms with E-state index in [1.54, 1.807) is 42.6 Å². The zero-order valence-electron chi connectivity index (χ0n) is 19.7. The van der Waals surface area contributed by atoms with Gasteiger partial charge in [-0.25, -0.2) is 13.2 Å². The van der Waals surface area contributed by atoms with E-state index in [0.717, 1.165) is 53.6 Å². The van der Waals surface area contributed by atoms with Gasteiger partial charge in [-0.05, 0) is 61.2 Å². The quantitative estimate of drug-likeness (QED) is 0.428. The average molecular weight is 521 g/mol. The van der Waals surface area contributed by atoms with E-state index in [4.69, 9.17) is 11.6 Å². The molecule has 1 aliphatic heterocycles. The molecule has 0 saturated carbocycles. The molecule has 4 rings (SSSR count). The Hall–Kier alpha value is -2.00. The molecule has 1 aliphatic rings. The van der Waals surface area contributed by atoms with Crippen molar-refractivity contribution in [3.8, 4) is 0 Å². The van der Waals surface area contributed by atoms with Gasteiger partial charge in [-0.1, -0.05) is 23.7 Å². The van der Waals surface area contributed by atoms with Crippen LogP contribution in [-0.2, 0) is 21.2 Å². The number of carbonyl (C=O) groups excluding carboxylic acids is 1. The molecule has 0 atom stereocenters. The van der Waals surface area contributed by atoms with E-state index in [1.165, 1.54) is 0 Å². The van der Waals surface area contributed by atoms with Crippen LogP contribution in [0.15, 0.2) is 51.7 Å². The number of benzene rings is 2. The molecule has 182 valence electrons. The second kappa shape index (κ2) is 10.3. The molecule has 1 aromatic heterocycles. The van der Waals surface area contributed by atoms with E-state index < -0.39 is 9.84 Å². The van der Waals surface area contributed by atoms with Gasteiger partial charge in [0.05, 0.1) is 36.7 Å². The van der Waals surface area contributed by atoms with Gasteiger partial charge >= 0.3 is 5.91 Å². The lowest BCUT2D eigenvalue weighted by molar-refractivity contribution is -0.860. The fourth-order valence-corrected chi connectivity index (χ4v) is 7.15. The zero-order valence-corrected chi connectivity index (χ0v) is 22.1. The number of carbonyl (C=O) groups is 1. The van der Waals surface area contributed by atoms with Crippen LogP contribution >= 0.6 is 22.9 Å². The monoisotopic (exact) mass is 520 g/mol. The second-order valence-electron chi connectivity index (χ2n) is 9.03. The second-order valence-corrected chi connectivity index (χ2v) is 12.4. The molecule has 0 aliphatic carbocycles. The highest BCUT2D eigenvalue weighted by Gasteiger charge is 2.38. The van der Waals surface area contributed by atoms with Crippen molar-refractivity contribution in [3.63, 3.8) is 0 Å². The smallest absolute Gasteiger partial charge is 0.314 e. The molecule has 2 aromatic carbocycles. The summed E-state index contributed by atoms with van der Waals surface area (Å²) in [4.78, 5) is 19.1. The Morgan fingerprint density at radius 3 is 2.56 bits per heavy atom. The summed E-state index contributed by atoms with van der Waals surface area (Å²) < 4.78 is 28.7. The Morgan fingerprint density at radius 1 is 1.12 bits per heavy atom. The molecular formula is C25H31ClN3O3S2+. The van der Waals surface area contributed by atoms with Crippen molar-refractivity contribution in [2.75, 3.05) is 32.4 Å². The third kappa shape index (κ3) is 5.30. The lowest BCUT2D eigenvalue weighted by atomic mass is 10.1. The summed E-state index contributed by atoms with van der Waals surface area (Å²) in [5, 5.41) is 4.39. The predicted octanol–water partition coefficient (Wildman–Crippen LogP) is 4.59. The Labute approximate surface area is 210 Å². The largest absolute Gasteiger partial charge is 0.316 e. The van der Waals surface area contributed by atoms with Gasteiger partial charge in [0, 0.05) is 23.1 Å². The fraction of sp³-hybridized carbons (Fsp3) is 0.440. The third-order valence-electron chi connectivity index (χ3n) is 6.85. The normalized spacial score (nSPS) is 16.7. The molecule has 0 spiro atoms. The number of rotatable bonds is 7. The molecule has 0 N–H and O–H groups in total. The molecule has 6 nitrogen and oxygen atoms in total. The van der Waals surface area contributed by atoms with Crippen LogP contribution in [0.1, 0.15) is 31.4 Å². The number of nitrogens with zero attached hydrogens (tertiary/aromatic N) is 3. The first-order chi connectivity index (χ1) is 16.2.